The van der Waals surface area contributed by atoms with Crippen molar-refractivity contribution in [3.05, 3.63) is 81.8 Å². The smallest absolute Gasteiger partial charge is 0.224 e. The molecule has 2 aromatic carbocycles. The van der Waals surface area contributed by atoms with Crippen LogP contribution in [0.1, 0.15) is 42.1 Å². The average molecular weight is 442 g/mol. The molecule has 0 bridgehead atoms. The van der Waals surface area contributed by atoms with Crippen LogP contribution in [0.2, 0.25) is 0 Å². The van der Waals surface area contributed by atoms with E-state index >= 15 is 0 Å². The van der Waals surface area contributed by atoms with Crippen LogP contribution in [0.25, 0.3) is 5.69 Å². The number of benzene rings is 2. The highest BCUT2D eigenvalue weighted by molar-refractivity contribution is 9.10. The van der Waals surface area contributed by atoms with Crippen molar-refractivity contribution in [3.8, 4) is 5.69 Å². The first kappa shape index (κ1) is 18.9. The summed E-state index contributed by atoms with van der Waals surface area (Å²) < 4.78 is 16.0. The summed E-state index contributed by atoms with van der Waals surface area (Å²) in [7, 11) is 0. The molecule has 3 atom stereocenters. The molecule has 1 amide bonds. The lowest BCUT2D eigenvalue weighted by Crippen LogP contribution is -2.28. The normalized spacial score (nSPS) is 19.3. The van der Waals surface area contributed by atoms with Gasteiger partial charge in [-0.2, -0.15) is 5.10 Å². The van der Waals surface area contributed by atoms with Crippen molar-refractivity contribution in [1.82, 2.24) is 15.1 Å². The molecule has 1 aromatic heterocycles. The van der Waals surface area contributed by atoms with E-state index in [1.165, 1.54) is 17.7 Å². The second kappa shape index (κ2) is 7.51. The van der Waals surface area contributed by atoms with Crippen molar-refractivity contribution in [2.75, 3.05) is 0 Å². The van der Waals surface area contributed by atoms with Crippen molar-refractivity contribution >= 4 is 21.8 Å². The van der Waals surface area contributed by atoms with Crippen LogP contribution in [0.4, 0.5) is 4.39 Å². The van der Waals surface area contributed by atoms with Gasteiger partial charge < -0.3 is 5.32 Å². The Morgan fingerprint density at radius 1 is 1.29 bits per heavy atom. The minimum Gasteiger partial charge on any atom is -0.349 e. The Morgan fingerprint density at radius 2 is 2.04 bits per heavy atom. The van der Waals surface area contributed by atoms with E-state index in [1.54, 1.807) is 23.0 Å². The Hall–Kier alpha value is -2.47. The zero-order chi connectivity index (χ0) is 19.8. The summed E-state index contributed by atoms with van der Waals surface area (Å²) in [4.78, 5) is 12.7. The topological polar surface area (TPSA) is 46.9 Å². The maximum absolute atomic E-state index is 13.2. The van der Waals surface area contributed by atoms with E-state index in [0.717, 1.165) is 27.8 Å². The van der Waals surface area contributed by atoms with Crippen LogP contribution in [-0.2, 0) is 4.79 Å². The van der Waals surface area contributed by atoms with E-state index in [9.17, 15) is 9.18 Å². The summed E-state index contributed by atoms with van der Waals surface area (Å²) in [6, 6.07) is 14.2. The van der Waals surface area contributed by atoms with E-state index in [4.69, 9.17) is 0 Å². The molecule has 28 heavy (non-hydrogen) atoms. The maximum Gasteiger partial charge on any atom is 0.224 e. The van der Waals surface area contributed by atoms with E-state index in [2.05, 4.69) is 38.5 Å². The number of carbonyl (C=O) groups excluding carboxylic acids is 1. The number of hydrogen-bond acceptors (Lipinski definition) is 2. The van der Waals surface area contributed by atoms with Gasteiger partial charge in [0.15, 0.2) is 0 Å². The van der Waals surface area contributed by atoms with Gasteiger partial charge in [0.25, 0.3) is 0 Å². The van der Waals surface area contributed by atoms with Gasteiger partial charge in [0, 0.05) is 21.6 Å². The molecule has 4 nitrogen and oxygen atoms in total. The Balaban J connectivity index is 1.44. The van der Waals surface area contributed by atoms with E-state index in [-0.39, 0.29) is 29.6 Å². The molecule has 1 fully saturated rings. The van der Waals surface area contributed by atoms with Crippen molar-refractivity contribution in [1.29, 1.82) is 0 Å². The minimum absolute atomic E-state index is 0.0178. The molecule has 1 N–H and O–H groups in total. The lowest BCUT2D eigenvalue weighted by Gasteiger charge is -2.14. The summed E-state index contributed by atoms with van der Waals surface area (Å²) in [5.74, 6) is 0.0993. The van der Waals surface area contributed by atoms with Gasteiger partial charge in [-0.1, -0.05) is 28.1 Å². The number of nitrogens with zero attached hydrogens (tertiary/aromatic N) is 2. The number of hydrogen-bond donors (Lipinski definition) is 1. The number of amides is 1. The number of nitrogens with one attached hydrogen (secondary N) is 1. The zero-order valence-corrected chi connectivity index (χ0v) is 17.3. The van der Waals surface area contributed by atoms with Crippen molar-refractivity contribution in [2.45, 2.75) is 32.2 Å². The van der Waals surface area contributed by atoms with Crippen LogP contribution in [0, 0.1) is 18.7 Å². The molecule has 1 aliphatic carbocycles. The highest BCUT2D eigenvalue weighted by Gasteiger charge is 2.44. The Kier molecular flexibility index (Phi) is 5.06. The average Bonchev–Trinajstić information content (AvgIpc) is 3.39. The molecule has 0 radical (unpaired) electrons. The standard InChI is InChI=1S/C22H21BrFN3O/c1-13(21-12-25-27(14(21)2)18-8-6-17(24)7-9-18)26-22(28)20-11-19(20)15-4-3-5-16(23)10-15/h3-10,12-13,19-20H,11H2,1-2H3,(H,26,28). The fourth-order valence-corrected chi connectivity index (χ4v) is 4.10. The highest BCUT2D eigenvalue weighted by Crippen LogP contribution is 2.48. The molecule has 0 aliphatic heterocycles. The molecule has 0 spiro atoms. The largest absolute Gasteiger partial charge is 0.349 e. The minimum atomic E-state index is -0.279. The van der Waals surface area contributed by atoms with Gasteiger partial charge in [0.05, 0.1) is 17.9 Å². The third-order valence-corrected chi connectivity index (χ3v) is 5.84. The quantitative estimate of drug-likeness (QED) is 0.600. The maximum atomic E-state index is 13.2. The van der Waals surface area contributed by atoms with Gasteiger partial charge in [-0.15, -0.1) is 0 Å². The van der Waals surface area contributed by atoms with Crippen LogP contribution in [-0.4, -0.2) is 15.7 Å². The highest BCUT2D eigenvalue weighted by atomic mass is 79.9. The SMILES string of the molecule is Cc1c(C(C)NC(=O)C2CC2c2cccc(Br)c2)cnn1-c1ccc(F)cc1. The van der Waals surface area contributed by atoms with Gasteiger partial charge in [0.2, 0.25) is 5.91 Å². The first-order valence-corrected chi connectivity index (χ1v) is 10.1. The molecule has 1 saturated carbocycles. The van der Waals surface area contributed by atoms with Gasteiger partial charge in [-0.3, -0.25) is 4.79 Å². The summed E-state index contributed by atoms with van der Waals surface area (Å²) in [5.41, 5.74) is 3.87. The lowest BCUT2D eigenvalue weighted by molar-refractivity contribution is -0.123. The molecular formula is C22H21BrFN3O. The first-order valence-electron chi connectivity index (χ1n) is 9.30. The van der Waals surface area contributed by atoms with E-state index in [0.29, 0.717) is 0 Å². The number of rotatable bonds is 5. The van der Waals surface area contributed by atoms with Gasteiger partial charge in [-0.05, 0) is 68.1 Å². The van der Waals surface area contributed by atoms with Crippen LogP contribution in [0.15, 0.2) is 59.2 Å². The molecule has 4 rings (SSSR count). The molecule has 1 heterocycles. The Labute approximate surface area is 171 Å². The zero-order valence-electron chi connectivity index (χ0n) is 15.7. The third kappa shape index (κ3) is 3.74. The number of halogens is 2. The molecule has 144 valence electrons. The molecule has 6 heteroatoms. The number of carbonyl (C=O) groups is 1. The monoisotopic (exact) mass is 441 g/mol. The molecule has 1 aliphatic rings. The molecule has 3 aromatic rings. The molecule has 3 unspecified atom stereocenters. The lowest BCUT2D eigenvalue weighted by atomic mass is 10.1. The second-order valence-corrected chi connectivity index (χ2v) is 8.22. The Bertz CT molecular complexity index is 1010. The fraction of sp³-hybridized carbons (Fsp3) is 0.273. The van der Waals surface area contributed by atoms with Gasteiger partial charge >= 0.3 is 0 Å². The fourth-order valence-electron chi connectivity index (χ4n) is 3.68. The third-order valence-electron chi connectivity index (χ3n) is 5.35. The van der Waals surface area contributed by atoms with Crippen LogP contribution < -0.4 is 5.32 Å². The summed E-state index contributed by atoms with van der Waals surface area (Å²) in [6.07, 6.45) is 2.64. The first-order chi connectivity index (χ1) is 13.4. The molecule has 0 saturated heterocycles. The van der Waals surface area contributed by atoms with Crippen LogP contribution in [0.3, 0.4) is 0 Å². The van der Waals surface area contributed by atoms with Gasteiger partial charge in [-0.25, -0.2) is 9.07 Å². The summed E-state index contributed by atoms with van der Waals surface area (Å²) in [6.45, 7) is 3.92. The van der Waals surface area contributed by atoms with Crippen LogP contribution in [0.5, 0.6) is 0 Å². The van der Waals surface area contributed by atoms with Gasteiger partial charge in [0.1, 0.15) is 5.82 Å². The second-order valence-electron chi connectivity index (χ2n) is 7.31. The van der Waals surface area contributed by atoms with E-state index < -0.39 is 0 Å². The Morgan fingerprint density at radius 3 is 2.75 bits per heavy atom. The summed E-state index contributed by atoms with van der Waals surface area (Å²) in [5, 5.41) is 7.54. The summed E-state index contributed by atoms with van der Waals surface area (Å²) >= 11 is 3.49. The van der Waals surface area contributed by atoms with Crippen molar-refractivity contribution < 1.29 is 9.18 Å². The van der Waals surface area contributed by atoms with Crippen molar-refractivity contribution in [2.24, 2.45) is 5.92 Å². The predicted molar refractivity (Wildman–Crippen MR) is 110 cm³/mol. The number of aromatic nitrogens is 2. The van der Waals surface area contributed by atoms with Crippen molar-refractivity contribution in [3.63, 3.8) is 0 Å². The van der Waals surface area contributed by atoms with Crippen LogP contribution >= 0.6 is 15.9 Å². The predicted octanol–water partition coefficient (Wildman–Crippen LogP) is 5.06. The van der Waals surface area contributed by atoms with E-state index in [1.807, 2.05) is 26.0 Å². The molecular weight excluding hydrogens is 421 g/mol.